The molecule has 0 saturated carbocycles. The molecule has 0 aromatic rings. The fourth-order valence-electron chi connectivity index (χ4n) is 1.34. The largest absolute Gasteiger partial charge is 0.409 e. The maximum absolute atomic E-state index is 12.0. The van der Waals surface area contributed by atoms with Crippen LogP contribution in [0.3, 0.4) is 0 Å². The van der Waals surface area contributed by atoms with Gasteiger partial charge < -0.3 is 0 Å². The second-order valence-corrected chi connectivity index (χ2v) is 6.21. The quantitative estimate of drug-likeness (QED) is 0.306. The fourth-order valence-corrected chi connectivity index (χ4v) is 3.51. The van der Waals surface area contributed by atoms with Crippen molar-refractivity contribution in [1.29, 1.82) is 0 Å². The lowest BCUT2D eigenvalue weighted by atomic mass is 10.1. The first-order valence-electron chi connectivity index (χ1n) is 4.68. The minimum atomic E-state index is -3.22. The summed E-state index contributed by atoms with van der Waals surface area (Å²) < 4.78 is 23.7. The molecule has 0 spiro atoms. The molecule has 0 aromatic carbocycles. The molecule has 2 fully saturated rings. The fraction of sp³-hybridized carbons (Fsp3) is 1.00. The predicted molar refractivity (Wildman–Crippen MR) is 51.1 cm³/mol. The zero-order chi connectivity index (χ0) is 11.3. The highest BCUT2D eigenvalue weighted by Crippen LogP contribution is 2.60. The van der Waals surface area contributed by atoms with Gasteiger partial charge in [-0.25, -0.2) is 9.24 Å². The molecule has 0 aromatic heterocycles. The maximum Gasteiger partial charge on any atom is 0.409 e. The molecule has 0 amide bonds. The summed E-state index contributed by atoms with van der Waals surface area (Å²) in [6.07, 6.45) is 0. The highest BCUT2D eigenvalue weighted by Gasteiger charge is 2.55. The summed E-state index contributed by atoms with van der Waals surface area (Å²) >= 11 is 0. The van der Waals surface area contributed by atoms with Gasteiger partial charge in [0.15, 0.2) is 0 Å². The van der Waals surface area contributed by atoms with Crippen molar-refractivity contribution in [2.24, 2.45) is 0 Å². The van der Waals surface area contributed by atoms with E-state index in [1.54, 1.807) is 4.67 Å². The van der Waals surface area contributed by atoms with Gasteiger partial charge in [0.25, 0.3) is 5.54 Å². The van der Waals surface area contributed by atoms with Crippen molar-refractivity contribution in [3.05, 3.63) is 10.1 Å². The Morgan fingerprint density at radius 1 is 1.53 bits per heavy atom. The Labute approximate surface area is 87.1 Å². The second-order valence-electron chi connectivity index (χ2n) is 4.24. The molecule has 2 rings (SSSR count). The molecule has 8 heteroatoms. The normalized spacial score (nSPS) is 50.0. The molecule has 15 heavy (non-hydrogen) atoms. The second kappa shape index (κ2) is 3.25. The average molecular weight is 236 g/mol. The molecule has 0 bridgehead atoms. The molecule has 2 aliphatic heterocycles. The predicted octanol–water partition coefficient (Wildman–Crippen LogP) is 0.881. The molecular formula is C7H13N2O5P. The number of rotatable bonds is 2. The van der Waals surface area contributed by atoms with Crippen LogP contribution in [0.15, 0.2) is 0 Å². The van der Waals surface area contributed by atoms with Crippen molar-refractivity contribution in [3.8, 4) is 0 Å². The smallest absolute Gasteiger partial charge is 0.289 e. The van der Waals surface area contributed by atoms with E-state index in [2.05, 4.69) is 0 Å². The van der Waals surface area contributed by atoms with Crippen molar-refractivity contribution >= 4 is 7.75 Å². The van der Waals surface area contributed by atoms with Crippen LogP contribution in [-0.2, 0) is 13.6 Å². The minimum Gasteiger partial charge on any atom is -0.289 e. The first-order valence-corrected chi connectivity index (χ1v) is 6.18. The third-order valence-corrected chi connectivity index (χ3v) is 4.76. The number of nitrogens with zero attached hydrogens (tertiary/aromatic N) is 2. The first kappa shape index (κ1) is 11.0. The number of nitro groups is 1. The van der Waals surface area contributed by atoms with E-state index in [-0.39, 0.29) is 19.3 Å². The topological polar surface area (TPSA) is 81.7 Å². The van der Waals surface area contributed by atoms with E-state index >= 15 is 0 Å². The van der Waals surface area contributed by atoms with Gasteiger partial charge in [0.2, 0.25) is 0 Å². The minimum absolute atomic E-state index is 0.166. The molecule has 1 unspecified atom stereocenters. The molecule has 0 aliphatic carbocycles. The lowest BCUT2D eigenvalue weighted by molar-refractivity contribution is -0.573. The van der Waals surface area contributed by atoms with Crippen molar-refractivity contribution < 1.29 is 18.5 Å². The van der Waals surface area contributed by atoms with Gasteiger partial charge in [0.1, 0.15) is 13.2 Å². The van der Waals surface area contributed by atoms with Gasteiger partial charge in [0.05, 0.1) is 0 Å². The number of hydrogen-bond donors (Lipinski definition) is 0. The number of hydrogen-bond acceptors (Lipinski definition) is 5. The van der Waals surface area contributed by atoms with Gasteiger partial charge in [-0.2, -0.15) is 0 Å². The standard InChI is InChI=1S/C7H13N2O5P/c1-6-3-8(6)15(12)13-4-7(2,5-14-15)9(10)11/h6H,3-5H2,1-2H3/t6-,7?,8?,15?/m1/s1. The van der Waals surface area contributed by atoms with Crippen LogP contribution in [0.5, 0.6) is 0 Å². The Bertz CT molecular complexity index is 334. The Balaban J connectivity index is 2.03. The lowest BCUT2D eigenvalue weighted by Crippen LogP contribution is -2.47. The van der Waals surface area contributed by atoms with E-state index in [0.29, 0.717) is 6.54 Å². The molecule has 2 saturated heterocycles. The average Bonchev–Trinajstić information content (AvgIpc) is 2.89. The highest BCUT2D eigenvalue weighted by molar-refractivity contribution is 7.51. The van der Waals surface area contributed by atoms with Gasteiger partial charge in [0, 0.05) is 24.4 Å². The maximum atomic E-state index is 12.0. The van der Waals surface area contributed by atoms with E-state index in [1.165, 1.54) is 6.92 Å². The third kappa shape index (κ3) is 1.80. The Hall–Kier alpha value is -0.490. The SMILES string of the molecule is C[C@@H]1CN1P1(=O)OCC(C)([N+](=O)[O-])CO1. The van der Waals surface area contributed by atoms with Crippen LogP contribution in [0.25, 0.3) is 0 Å². The summed E-state index contributed by atoms with van der Waals surface area (Å²) in [5.74, 6) is 0. The summed E-state index contributed by atoms with van der Waals surface area (Å²) in [5, 5.41) is 10.7. The van der Waals surface area contributed by atoms with Crippen LogP contribution in [0, 0.1) is 10.1 Å². The van der Waals surface area contributed by atoms with E-state index in [9.17, 15) is 14.7 Å². The summed E-state index contributed by atoms with van der Waals surface area (Å²) in [7, 11) is -3.22. The summed E-state index contributed by atoms with van der Waals surface area (Å²) in [6, 6.07) is 0.177. The molecule has 86 valence electrons. The van der Waals surface area contributed by atoms with Gasteiger partial charge >= 0.3 is 7.75 Å². The monoisotopic (exact) mass is 236 g/mol. The highest BCUT2D eigenvalue weighted by atomic mass is 31.2. The molecular weight excluding hydrogens is 223 g/mol. The first-order chi connectivity index (χ1) is 6.87. The molecule has 7 nitrogen and oxygen atoms in total. The Kier molecular flexibility index (Phi) is 2.38. The van der Waals surface area contributed by atoms with Gasteiger partial charge in [-0.3, -0.25) is 19.2 Å². The van der Waals surface area contributed by atoms with Gasteiger partial charge in [-0.15, -0.1) is 0 Å². The van der Waals surface area contributed by atoms with Crippen molar-refractivity contribution in [2.75, 3.05) is 19.8 Å². The molecule has 2 aliphatic rings. The molecule has 2 heterocycles. The van der Waals surface area contributed by atoms with Crippen LogP contribution >= 0.6 is 7.75 Å². The molecule has 0 N–H and O–H groups in total. The van der Waals surface area contributed by atoms with Crippen molar-refractivity contribution in [1.82, 2.24) is 4.67 Å². The van der Waals surface area contributed by atoms with Crippen LogP contribution in [-0.4, -0.2) is 40.9 Å². The Morgan fingerprint density at radius 2 is 2.00 bits per heavy atom. The van der Waals surface area contributed by atoms with Crippen molar-refractivity contribution in [3.63, 3.8) is 0 Å². The van der Waals surface area contributed by atoms with Gasteiger partial charge in [-0.05, 0) is 6.92 Å². The lowest BCUT2D eigenvalue weighted by Gasteiger charge is -2.30. The molecule has 0 radical (unpaired) electrons. The summed E-state index contributed by atoms with van der Waals surface area (Å²) in [4.78, 5) is 10.2. The van der Waals surface area contributed by atoms with Gasteiger partial charge in [-0.1, -0.05) is 0 Å². The summed E-state index contributed by atoms with van der Waals surface area (Å²) in [6.45, 7) is 3.64. The third-order valence-electron chi connectivity index (χ3n) is 2.66. The van der Waals surface area contributed by atoms with Crippen LogP contribution in [0.4, 0.5) is 0 Å². The van der Waals surface area contributed by atoms with E-state index < -0.39 is 18.2 Å². The van der Waals surface area contributed by atoms with E-state index in [0.717, 1.165) is 0 Å². The van der Waals surface area contributed by atoms with E-state index in [1.807, 2.05) is 6.92 Å². The zero-order valence-corrected chi connectivity index (χ0v) is 9.48. The van der Waals surface area contributed by atoms with Crippen molar-refractivity contribution in [2.45, 2.75) is 25.4 Å². The van der Waals surface area contributed by atoms with E-state index in [4.69, 9.17) is 9.05 Å². The Morgan fingerprint density at radius 3 is 2.33 bits per heavy atom. The van der Waals surface area contributed by atoms with Crippen LogP contribution in [0.1, 0.15) is 13.8 Å². The zero-order valence-electron chi connectivity index (χ0n) is 8.58. The summed E-state index contributed by atoms with van der Waals surface area (Å²) in [5.41, 5.74) is -1.28. The van der Waals surface area contributed by atoms with Crippen LogP contribution in [0.2, 0.25) is 0 Å². The molecule has 2 atom stereocenters. The van der Waals surface area contributed by atoms with Crippen LogP contribution < -0.4 is 0 Å².